The molecule has 0 bridgehead atoms. The molecule has 0 amide bonds. The molecule has 0 aromatic carbocycles. The average molecular weight is 391 g/mol. The van der Waals surface area contributed by atoms with Gasteiger partial charge in [0.15, 0.2) is 5.82 Å². The number of fused-ring (bicyclic) bond motifs is 1. The summed E-state index contributed by atoms with van der Waals surface area (Å²) in [4.78, 5) is 15.3. The van der Waals surface area contributed by atoms with Crippen LogP contribution in [0.15, 0.2) is 11.6 Å². The van der Waals surface area contributed by atoms with Crippen LogP contribution in [0, 0.1) is 5.82 Å². The van der Waals surface area contributed by atoms with E-state index >= 15 is 0 Å². The van der Waals surface area contributed by atoms with Crippen LogP contribution in [0.3, 0.4) is 0 Å². The average Bonchev–Trinajstić information content (AvgIpc) is 3.14. The molecule has 6 nitrogen and oxygen atoms in total. The van der Waals surface area contributed by atoms with Crippen LogP contribution in [0.4, 0.5) is 10.2 Å². The van der Waals surface area contributed by atoms with Gasteiger partial charge in [-0.2, -0.15) is 9.97 Å². The Morgan fingerprint density at radius 1 is 1.46 bits per heavy atom. The van der Waals surface area contributed by atoms with Crippen LogP contribution >= 0.6 is 35.3 Å². The van der Waals surface area contributed by atoms with Gasteiger partial charge in [0.05, 0.1) is 17.6 Å². The Morgan fingerprint density at radius 2 is 2.25 bits per heavy atom. The Labute approximate surface area is 153 Å². The van der Waals surface area contributed by atoms with E-state index in [2.05, 4.69) is 25.3 Å². The summed E-state index contributed by atoms with van der Waals surface area (Å²) in [5.41, 5.74) is 6.70. The zero-order valence-electron chi connectivity index (χ0n) is 12.8. The molecule has 0 aliphatic carbocycles. The van der Waals surface area contributed by atoms with Crippen LogP contribution in [-0.4, -0.2) is 26.0 Å². The fourth-order valence-electron chi connectivity index (χ4n) is 2.26. The lowest BCUT2D eigenvalue weighted by Gasteiger charge is -2.06. The van der Waals surface area contributed by atoms with Crippen molar-refractivity contribution in [1.29, 1.82) is 0 Å². The summed E-state index contributed by atoms with van der Waals surface area (Å²) in [6, 6.07) is -0.118. The van der Waals surface area contributed by atoms with Crippen molar-refractivity contribution in [3.63, 3.8) is 0 Å². The molecule has 0 saturated carbocycles. The number of aromatic nitrogens is 4. The van der Waals surface area contributed by atoms with Gasteiger partial charge in [-0.25, -0.2) is 9.37 Å². The molecule has 3 heterocycles. The van der Waals surface area contributed by atoms with Crippen LogP contribution in [0.5, 0.6) is 0 Å². The smallest absolute Gasteiger partial charge is 0.226 e. The van der Waals surface area contributed by atoms with Crippen LogP contribution < -0.4 is 11.1 Å². The maximum atomic E-state index is 14.7. The molecule has 0 aliphatic heterocycles. The summed E-state index contributed by atoms with van der Waals surface area (Å²) >= 11 is 7.44. The second-order valence-corrected chi connectivity index (χ2v) is 6.45. The summed E-state index contributed by atoms with van der Waals surface area (Å²) in [6.07, 6.45) is 2.88. The standard InChI is InChI=1S/C14H16ClFN6S.ClH/c1-2-7(17)5-8-11(16)10-12(19-6-9-18-3-4-23-9)21-14(15)22-13(10)20-8;/h3-4,7H,2,5-6,17H2,1H3,(H2,19,20,21,22);1H/t7-;/m0./s1. The van der Waals surface area contributed by atoms with Gasteiger partial charge in [0.1, 0.15) is 16.5 Å². The number of nitrogens with one attached hydrogen (secondary N) is 2. The Kier molecular flexibility index (Phi) is 6.34. The molecule has 3 aromatic rings. The Bertz CT molecular complexity index is 807. The zero-order chi connectivity index (χ0) is 16.4. The highest BCUT2D eigenvalue weighted by Gasteiger charge is 2.19. The molecule has 0 aliphatic rings. The molecule has 0 fully saturated rings. The molecule has 4 N–H and O–H groups in total. The number of rotatable bonds is 6. The number of hydrogen-bond acceptors (Lipinski definition) is 6. The van der Waals surface area contributed by atoms with E-state index in [0.717, 1.165) is 11.4 Å². The van der Waals surface area contributed by atoms with Crippen LogP contribution in [0.25, 0.3) is 11.0 Å². The number of nitrogens with zero attached hydrogens (tertiary/aromatic N) is 3. The molecule has 0 spiro atoms. The first-order valence-electron chi connectivity index (χ1n) is 7.19. The second kappa shape index (κ2) is 8.06. The minimum atomic E-state index is -0.387. The van der Waals surface area contributed by atoms with E-state index in [1.165, 1.54) is 11.3 Å². The maximum absolute atomic E-state index is 14.7. The first-order chi connectivity index (χ1) is 11.1. The van der Waals surface area contributed by atoms with E-state index in [0.29, 0.717) is 35.5 Å². The first kappa shape index (κ1) is 18.9. The van der Waals surface area contributed by atoms with Crippen molar-refractivity contribution in [1.82, 2.24) is 19.9 Å². The van der Waals surface area contributed by atoms with Crippen LogP contribution in [-0.2, 0) is 13.0 Å². The first-order valence-corrected chi connectivity index (χ1v) is 8.45. The quantitative estimate of drug-likeness (QED) is 0.559. The highest BCUT2D eigenvalue weighted by Crippen LogP contribution is 2.28. The minimum Gasteiger partial charge on any atom is -0.363 e. The number of H-pyrrole nitrogens is 1. The molecule has 1 atom stereocenters. The van der Waals surface area contributed by atoms with Crippen LogP contribution in [0.1, 0.15) is 24.0 Å². The van der Waals surface area contributed by atoms with E-state index in [9.17, 15) is 4.39 Å². The van der Waals surface area contributed by atoms with E-state index in [4.69, 9.17) is 17.3 Å². The van der Waals surface area contributed by atoms with Gasteiger partial charge >= 0.3 is 0 Å². The molecular formula is C14H17Cl2FN6S. The number of thiazole rings is 1. The Hall–Kier alpha value is -1.48. The topological polar surface area (TPSA) is 92.5 Å². The van der Waals surface area contributed by atoms with Crippen LogP contribution in [0.2, 0.25) is 5.28 Å². The SMILES string of the molecule is CC[C@H](N)Cc1[nH]c2nc(Cl)nc(NCc3nccs3)c2c1F.Cl. The molecule has 3 rings (SSSR count). The van der Waals surface area contributed by atoms with Gasteiger partial charge < -0.3 is 16.0 Å². The van der Waals surface area contributed by atoms with E-state index < -0.39 is 0 Å². The highest BCUT2D eigenvalue weighted by molar-refractivity contribution is 7.09. The lowest BCUT2D eigenvalue weighted by atomic mass is 10.1. The predicted octanol–water partition coefficient (Wildman–Crippen LogP) is 3.52. The minimum absolute atomic E-state index is 0. The van der Waals surface area contributed by atoms with E-state index in [-0.39, 0.29) is 29.5 Å². The molecule has 3 aromatic heterocycles. The van der Waals surface area contributed by atoms with Gasteiger partial charge in [-0.05, 0) is 18.0 Å². The summed E-state index contributed by atoms with van der Waals surface area (Å²) in [5, 5.41) is 6.16. The number of hydrogen-bond donors (Lipinski definition) is 3. The zero-order valence-corrected chi connectivity index (χ0v) is 15.2. The molecule has 0 unspecified atom stereocenters. The Morgan fingerprint density at radius 3 is 2.92 bits per heavy atom. The molecule has 10 heteroatoms. The van der Waals surface area contributed by atoms with Gasteiger partial charge in [0.25, 0.3) is 0 Å². The summed E-state index contributed by atoms with van der Waals surface area (Å²) in [5.74, 6) is -0.0394. The molecule has 24 heavy (non-hydrogen) atoms. The van der Waals surface area contributed by atoms with Gasteiger partial charge in [-0.3, -0.25) is 0 Å². The predicted molar refractivity (Wildman–Crippen MR) is 97.5 cm³/mol. The van der Waals surface area contributed by atoms with Gasteiger partial charge in [0, 0.05) is 24.0 Å². The summed E-state index contributed by atoms with van der Waals surface area (Å²) < 4.78 is 14.7. The summed E-state index contributed by atoms with van der Waals surface area (Å²) in [6.45, 7) is 2.40. The largest absolute Gasteiger partial charge is 0.363 e. The number of halogens is 3. The number of anilines is 1. The van der Waals surface area contributed by atoms with Crippen molar-refractivity contribution in [2.75, 3.05) is 5.32 Å². The van der Waals surface area contributed by atoms with Crippen molar-refractivity contribution in [3.05, 3.63) is 33.4 Å². The third kappa shape index (κ3) is 3.94. The molecular weight excluding hydrogens is 374 g/mol. The third-order valence-electron chi connectivity index (χ3n) is 3.52. The molecule has 0 saturated heterocycles. The monoisotopic (exact) mass is 390 g/mol. The number of aromatic amines is 1. The molecule has 130 valence electrons. The van der Waals surface area contributed by atoms with E-state index in [1.54, 1.807) is 6.20 Å². The normalized spacial score (nSPS) is 12.2. The Balaban J connectivity index is 0.00000208. The number of nitrogens with two attached hydrogens (primary N) is 1. The molecule has 0 radical (unpaired) electrons. The van der Waals surface area contributed by atoms with Crippen molar-refractivity contribution in [3.8, 4) is 0 Å². The second-order valence-electron chi connectivity index (χ2n) is 5.13. The fraction of sp³-hybridized carbons (Fsp3) is 0.357. The van der Waals surface area contributed by atoms with Crippen molar-refractivity contribution < 1.29 is 4.39 Å². The van der Waals surface area contributed by atoms with Crippen molar-refractivity contribution >= 4 is 52.2 Å². The summed E-state index contributed by atoms with van der Waals surface area (Å²) in [7, 11) is 0. The van der Waals surface area contributed by atoms with Crippen molar-refractivity contribution in [2.45, 2.75) is 32.4 Å². The lowest BCUT2D eigenvalue weighted by molar-refractivity contribution is 0.581. The fourth-order valence-corrected chi connectivity index (χ4v) is 2.98. The van der Waals surface area contributed by atoms with Gasteiger partial charge in [0.2, 0.25) is 5.28 Å². The highest BCUT2D eigenvalue weighted by atomic mass is 35.5. The van der Waals surface area contributed by atoms with Crippen molar-refractivity contribution in [2.24, 2.45) is 5.73 Å². The lowest BCUT2D eigenvalue weighted by Crippen LogP contribution is -2.22. The van der Waals surface area contributed by atoms with E-state index in [1.807, 2.05) is 12.3 Å². The maximum Gasteiger partial charge on any atom is 0.226 e. The van der Waals surface area contributed by atoms with Gasteiger partial charge in [-0.1, -0.05) is 6.92 Å². The third-order valence-corrected chi connectivity index (χ3v) is 4.47. The van der Waals surface area contributed by atoms with Gasteiger partial charge in [-0.15, -0.1) is 23.7 Å².